The van der Waals surface area contributed by atoms with Gasteiger partial charge >= 0.3 is 5.63 Å². The summed E-state index contributed by atoms with van der Waals surface area (Å²) in [6, 6.07) is 11.1. The lowest BCUT2D eigenvalue weighted by Crippen LogP contribution is -2.11. The van der Waals surface area contributed by atoms with Gasteiger partial charge in [-0.3, -0.25) is 9.93 Å². The van der Waals surface area contributed by atoms with Crippen LogP contribution in [0.1, 0.15) is 36.1 Å². The number of ether oxygens (including phenoxy) is 1. The maximum Gasteiger partial charge on any atom is 0.340 e. The van der Waals surface area contributed by atoms with Gasteiger partial charge in [-0.25, -0.2) is 4.79 Å². The molecule has 0 atom stereocenters. The summed E-state index contributed by atoms with van der Waals surface area (Å²) in [5, 5.41) is 6.25. The number of carbonyl (C=O) groups excluding carboxylic acids is 1. The van der Waals surface area contributed by atoms with Crippen molar-refractivity contribution in [1.82, 2.24) is 4.90 Å². The Hall–Kier alpha value is -2.81. The Morgan fingerprint density at radius 3 is 2.41 bits per heavy atom. The van der Waals surface area contributed by atoms with Crippen LogP contribution in [0, 0.1) is 13.8 Å². The van der Waals surface area contributed by atoms with Crippen LogP contribution >= 0.6 is 12.1 Å². The second kappa shape index (κ2) is 13.6. The van der Waals surface area contributed by atoms with Crippen molar-refractivity contribution in [2.45, 2.75) is 34.1 Å². The van der Waals surface area contributed by atoms with Crippen molar-refractivity contribution in [2.75, 3.05) is 25.9 Å². The van der Waals surface area contributed by atoms with Gasteiger partial charge in [-0.1, -0.05) is 26.0 Å². The number of benzene rings is 2. The molecule has 0 spiro atoms. The number of hydrogen-bond acceptors (Lipinski definition) is 8. The van der Waals surface area contributed by atoms with E-state index in [1.165, 1.54) is 0 Å². The predicted molar refractivity (Wildman–Crippen MR) is 134 cm³/mol. The Balaban J connectivity index is 0.000000769. The molecule has 174 valence electrons. The summed E-state index contributed by atoms with van der Waals surface area (Å²) < 4.78 is 13.4. The number of fused-ring (bicyclic) bond motifs is 1. The zero-order chi connectivity index (χ0) is 24.3. The maximum atomic E-state index is 12.5. The minimum absolute atomic E-state index is 0.355. The van der Waals surface area contributed by atoms with Crippen molar-refractivity contribution >= 4 is 35.3 Å². The third-order valence-electron chi connectivity index (χ3n) is 4.24. The Morgan fingerprint density at radius 2 is 1.81 bits per heavy atom. The molecule has 0 saturated heterocycles. The molecule has 1 aromatic heterocycles. The number of rotatable bonds is 6. The largest absolute Gasteiger partial charge is 0.428 e. The van der Waals surface area contributed by atoms with Crippen LogP contribution in [0.4, 0.5) is 5.69 Å². The molecular formula is C24H33N3O4S. The summed E-state index contributed by atoms with van der Waals surface area (Å²) in [6.45, 7) is 8.09. The van der Waals surface area contributed by atoms with Crippen LogP contribution in [0.2, 0.25) is 0 Å². The molecule has 32 heavy (non-hydrogen) atoms. The minimum atomic E-state index is -0.400. The Kier molecular flexibility index (Phi) is 11.5. The molecule has 7 nitrogen and oxygen atoms in total. The summed E-state index contributed by atoms with van der Waals surface area (Å²) in [4.78, 5) is 25.1. The van der Waals surface area contributed by atoms with Gasteiger partial charge in [0.1, 0.15) is 11.3 Å². The molecule has 1 heterocycles. The van der Waals surface area contributed by atoms with Gasteiger partial charge in [0.2, 0.25) is 0 Å². The van der Waals surface area contributed by atoms with E-state index in [-0.39, 0.29) is 0 Å². The first kappa shape index (κ1) is 27.2. The molecule has 3 N–H and O–H groups in total. The predicted octanol–water partition coefficient (Wildman–Crippen LogP) is 4.67. The Bertz CT molecular complexity index is 1080. The van der Waals surface area contributed by atoms with E-state index in [1.54, 1.807) is 6.07 Å². The molecule has 0 unspecified atom stereocenters. The number of hydrogen-bond donors (Lipinski definition) is 2. The van der Waals surface area contributed by atoms with Crippen LogP contribution in [0.15, 0.2) is 45.6 Å². The van der Waals surface area contributed by atoms with Crippen molar-refractivity contribution in [1.29, 1.82) is 0 Å². The molecule has 0 fully saturated rings. The zero-order valence-corrected chi connectivity index (χ0v) is 20.6. The fraction of sp³-hybridized carbons (Fsp3) is 0.333. The highest BCUT2D eigenvalue weighted by molar-refractivity contribution is 7.98. The minimum Gasteiger partial charge on any atom is -0.428 e. The van der Waals surface area contributed by atoms with Gasteiger partial charge in [-0.15, -0.1) is 0 Å². The molecule has 0 amide bonds. The Morgan fingerprint density at radius 1 is 1.16 bits per heavy atom. The lowest BCUT2D eigenvalue weighted by Gasteiger charge is -2.11. The third kappa shape index (κ3) is 7.71. The number of anilines is 1. The van der Waals surface area contributed by atoms with E-state index < -0.39 is 5.63 Å². The van der Waals surface area contributed by atoms with Crippen LogP contribution in [0.5, 0.6) is 5.75 Å². The molecule has 2 aromatic carbocycles. The van der Waals surface area contributed by atoms with E-state index in [9.17, 15) is 9.59 Å². The quantitative estimate of drug-likeness (QED) is 0.312. The number of nitrogens with two attached hydrogens (primary N) is 1. The molecule has 3 rings (SSSR count). The molecule has 0 bridgehead atoms. The van der Waals surface area contributed by atoms with Crippen molar-refractivity contribution in [3.05, 3.63) is 69.1 Å². The molecule has 0 aliphatic heterocycles. The van der Waals surface area contributed by atoms with E-state index in [4.69, 9.17) is 14.3 Å². The van der Waals surface area contributed by atoms with E-state index in [0.29, 0.717) is 29.8 Å². The highest BCUT2D eigenvalue weighted by atomic mass is 32.2. The van der Waals surface area contributed by atoms with Gasteiger partial charge < -0.3 is 18.8 Å². The van der Waals surface area contributed by atoms with Gasteiger partial charge in [-0.05, 0) is 69.9 Å². The number of nitrogens with one attached hydrogen (secondary N) is 1. The van der Waals surface area contributed by atoms with Crippen LogP contribution in [-0.4, -0.2) is 32.5 Å². The fourth-order valence-electron chi connectivity index (χ4n) is 2.92. The summed E-state index contributed by atoms with van der Waals surface area (Å²) in [5.74, 6) is 0.376. The molecule has 3 aromatic rings. The van der Waals surface area contributed by atoms with Crippen molar-refractivity contribution in [3.8, 4) is 5.75 Å². The summed E-state index contributed by atoms with van der Waals surface area (Å²) in [6.07, 6.45) is 0.445. The highest BCUT2D eigenvalue weighted by Crippen LogP contribution is 2.28. The van der Waals surface area contributed by atoms with Gasteiger partial charge in [0.25, 0.3) is 6.47 Å². The Labute approximate surface area is 194 Å². The number of aryl methyl sites for hydroxylation is 2. The normalized spacial score (nSPS) is 10.0. The van der Waals surface area contributed by atoms with E-state index in [2.05, 4.69) is 4.72 Å². The zero-order valence-electron chi connectivity index (χ0n) is 19.8. The molecule has 0 radical (unpaired) electrons. The van der Waals surface area contributed by atoms with Crippen LogP contribution in [0.3, 0.4) is 0 Å². The van der Waals surface area contributed by atoms with E-state index >= 15 is 0 Å². The molecule has 0 saturated carbocycles. The molecular weight excluding hydrogens is 426 g/mol. The summed E-state index contributed by atoms with van der Waals surface area (Å²) in [7, 11) is 6.00. The SMILES string of the molecule is CC.CN(C)C.Cc1cc2c(C)c(Cc3cccc(NSN)c3)c(=O)oc2cc1OC=O. The lowest BCUT2D eigenvalue weighted by molar-refractivity contribution is -0.120. The lowest BCUT2D eigenvalue weighted by atomic mass is 9.98. The van der Waals surface area contributed by atoms with E-state index in [0.717, 1.165) is 39.9 Å². The first-order valence-corrected chi connectivity index (χ1v) is 11.1. The first-order chi connectivity index (χ1) is 15.3. The number of carbonyl (C=O) groups is 1. The van der Waals surface area contributed by atoms with Crippen molar-refractivity contribution in [3.63, 3.8) is 0 Å². The fourth-order valence-corrected chi connectivity index (χ4v) is 3.19. The van der Waals surface area contributed by atoms with Crippen molar-refractivity contribution < 1.29 is 13.9 Å². The number of nitrogens with zero attached hydrogens (tertiary/aromatic N) is 1. The van der Waals surface area contributed by atoms with Crippen LogP contribution in [-0.2, 0) is 11.2 Å². The summed E-state index contributed by atoms with van der Waals surface area (Å²) >= 11 is 1.02. The smallest absolute Gasteiger partial charge is 0.340 e. The van der Waals surface area contributed by atoms with Gasteiger partial charge in [-0.2, -0.15) is 0 Å². The monoisotopic (exact) mass is 459 g/mol. The second-order valence-corrected chi connectivity index (χ2v) is 7.70. The average Bonchev–Trinajstić information content (AvgIpc) is 2.74. The third-order valence-corrected chi connectivity index (χ3v) is 4.60. The van der Waals surface area contributed by atoms with Crippen LogP contribution < -0.4 is 20.2 Å². The molecule has 8 heteroatoms. The topological polar surface area (TPSA) is 97.8 Å². The first-order valence-electron chi connectivity index (χ1n) is 10.3. The molecule has 0 aliphatic rings. The van der Waals surface area contributed by atoms with Gasteiger partial charge in [0, 0.05) is 41.3 Å². The summed E-state index contributed by atoms with van der Waals surface area (Å²) in [5.41, 5.74) is 4.07. The highest BCUT2D eigenvalue weighted by Gasteiger charge is 2.14. The standard InChI is InChI=1S/C19H18N2O4S.C3H9N.C2H6/c1-11-6-15-12(2)16(8-13-4-3-5-14(7-13)21-26-20)19(23)25-18(15)9-17(11)24-10-22;1-4(2)3;1-2/h3-7,9-10,21H,8,20H2,1-2H3;1-3H3;1-2H3. The van der Waals surface area contributed by atoms with Gasteiger partial charge in [0.15, 0.2) is 0 Å². The van der Waals surface area contributed by atoms with Gasteiger partial charge in [0.05, 0.1) is 0 Å². The molecule has 0 aliphatic carbocycles. The van der Waals surface area contributed by atoms with Crippen LogP contribution in [0.25, 0.3) is 11.0 Å². The maximum absolute atomic E-state index is 12.5. The van der Waals surface area contributed by atoms with E-state index in [1.807, 2.05) is 84.1 Å². The van der Waals surface area contributed by atoms with Crippen molar-refractivity contribution in [2.24, 2.45) is 5.14 Å². The average molecular weight is 460 g/mol. The second-order valence-electron chi connectivity index (χ2n) is 7.26.